The number of rotatable bonds is 4. The molecule has 0 bridgehead atoms. The fourth-order valence-corrected chi connectivity index (χ4v) is 3.85. The van der Waals surface area contributed by atoms with Gasteiger partial charge >= 0.3 is 0 Å². The third kappa shape index (κ3) is 4.01. The number of hydrogen-bond donors (Lipinski definition) is 1. The summed E-state index contributed by atoms with van der Waals surface area (Å²) in [6.45, 7) is 2.37. The van der Waals surface area contributed by atoms with E-state index in [4.69, 9.17) is 23.2 Å². The van der Waals surface area contributed by atoms with E-state index in [0.29, 0.717) is 39.9 Å². The molecule has 2 heterocycles. The van der Waals surface area contributed by atoms with Gasteiger partial charge in [-0.3, -0.25) is 9.59 Å². The lowest BCUT2D eigenvalue weighted by atomic mass is 10.1. The van der Waals surface area contributed by atoms with Gasteiger partial charge < -0.3 is 10.2 Å². The zero-order chi connectivity index (χ0) is 21.3. The van der Waals surface area contributed by atoms with Crippen LogP contribution in [-0.4, -0.2) is 49.5 Å². The zero-order valence-electron chi connectivity index (χ0n) is 16.0. The summed E-state index contributed by atoms with van der Waals surface area (Å²) in [7, 11) is 0. The maximum atomic E-state index is 13.1. The molecule has 4 rings (SSSR count). The summed E-state index contributed by atoms with van der Waals surface area (Å²) in [4.78, 5) is 27.6. The topological polar surface area (TPSA) is 93.0 Å². The molecule has 2 amide bonds. The van der Waals surface area contributed by atoms with Crippen LogP contribution in [0, 0.1) is 6.92 Å². The Hall–Kier alpha value is -2.97. The van der Waals surface area contributed by atoms with Gasteiger partial charge in [0.05, 0.1) is 16.3 Å². The first-order chi connectivity index (χ1) is 14.4. The van der Waals surface area contributed by atoms with Gasteiger partial charge in [0.2, 0.25) is 5.91 Å². The summed E-state index contributed by atoms with van der Waals surface area (Å²) in [6, 6.07) is 9.65. The Morgan fingerprint density at radius 3 is 2.77 bits per heavy atom. The average Bonchev–Trinajstić information content (AvgIpc) is 3.43. The molecule has 1 N–H and O–H groups in total. The molecule has 0 aliphatic carbocycles. The van der Waals surface area contributed by atoms with Gasteiger partial charge in [-0.1, -0.05) is 29.3 Å². The summed E-state index contributed by atoms with van der Waals surface area (Å²) >= 11 is 12.2. The van der Waals surface area contributed by atoms with Crippen LogP contribution in [0.4, 0.5) is 5.69 Å². The number of carbonyl (C=O) groups excluding carboxylic acids is 2. The number of carbonyl (C=O) groups is 2. The summed E-state index contributed by atoms with van der Waals surface area (Å²) in [5.41, 5.74) is 2.52. The van der Waals surface area contributed by atoms with Crippen molar-refractivity contribution in [1.29, 1.82) is 0 Å². The quantitative estimate of drug-likeness (QED) is 0.664. The molecule has 154 valence electrons. The number of benzene rings is 2. The third-order valence-electron chi connectivity index (χ3n) is 5.07. The fourth-order valence-electron chi connectivity index (χ4n) is 3.48. The van der Waals surface area contributed by atoms with Gasteiger partial charge in [-0.15, -0.1) is 5.10 Å². The molecule has 30 heavy (non-hydrogen) atoms. The van der Waals surface area contributed by atoms with Crippen molar-refractivity contribution in [3.05, 3.63) is 63.9 Å². The molecule has 1 fully saturated rings. The Morgan fingerprint density at radius 2 is 2.00 bits per heavy atom. The number of tetrazole rings is 1. The lowest BCUT2D eigenvalue weighted by Crippen LogP contribution is -2.43. The van der Waals surface area contributed by atoms with E-state index in [1.54, 1.807) is 23.1 Å². The Balaban J connectivity index is 1.55. The van der Waals surface area contributed by atoms with Gasteiger partial charge in [-0.05, 0) is 66.1 Å². The van der Waals surface area contributed by atoms with Crippen LogP contribution in [0.3, 0.4) is 0 Å². The van der Waals surface area contributed by atoms with Crippen molar-refractivity contribution in [2.45, 2.75) is 25.8 Å². The molecule has 0 radical (unpaired) electrons. The van der Waals surface area contributed by atoms with Crippen molar-refractivity contribution in [3.63, 3.8) is 0 Å². The van der Waals surface area contributed by atoms with Crippen LogP contribution in [0.25, 0.3) is 5.69 Å². The number of nitrogens with one attached hydrogen (secondary N) is 1. The molecule has 10 heteroatoms. The predicted molar refractivity (Wildman–Crippen MR) is 113 cm³/mol. The van der Waals surface area contributed by atoms with E-state index in [1.165, 1.54) is 17.1 Å². The molecule has 0 saturated carbocycles. The minimum Gasteiger partial charge on any atom is -0.327 e. The Morgan fingerprint density at radius 1 is 1.17 bits per heavy atom. The van der Waals surface area contributed by atoms with Crippen LogP contribution >= 0.6 is 23.2 Å². The molecule has 1 aliphatic heterocycles. The second-order valence-electron chi connectivity index (χ2n) is 7.02. The molecule has 0 spiro atoms. The molecular formula is C20H18Cl2N6O2. The highest BCUT2D eigenvalue weighted by Crippen LogP contribution is 2.27. The van der Waals surface area contributed by atoms with Gasteiger partial charge in [0.1, 0.15) is 12.4 Å². The van der Waals surface area contributed by atoms with Gasteiger partial charge in [0, 0.05) is 17.3 Å². The molecule has 1 aliphatic rings. The van der Waals surface area contributed by atoms with Crippen LogP contribution in [0.2, 0.25) is 10.0 Å². The smallest absolute Gasteiger partial charge is 0.256 e. The number of likely N-dealkylation sites (tertiary alicyclic amines) is 1. The number of anilines is 1. The van der Waals surface area contributed by atoms with E-state index in [9.17, 15) is 9.59 Å². The zero-order valence-corrected chi connectivity index (χ0v) is 17.6. The second kappa shape index (κ2) is 8.41. The van der Waals surface area contributed by atoms with Gasteiger partial charge in [-0.2, -0.15) is 0 Å². The monoisotopic (exact) mass is 444 g/mol. The van der Waals surface area contributed by atoms with Gasteiger partial charge in [0.25, 0.3) is 5.91 Å². The van der Waals surface area contributed by atoms with Gasteiger partial charge in [-0.25, -0.2) is 4.68 Å². The van der Waals surface area contributed by atoms with Crippen molar-refractivity contribution >= 4 is 40.7 Å². The van der Waals surface area contributed by atoms with Crippen LogP contribution in [-0.2, 0) is 4.79 Å². The highest BCUT2D eigenvalue weighted by Gasteiger charge is 2.35. The maximum absolute atomic E-state index is 13.1. The number of amides is 2. The van der Waals surface area contributed by atoms with Crippen molar-refractivity contribution in [3.8, 4) is 5.69 Å². The average molecular weight is 445 g/mol. The first kappa shape index (κ1) is 20.3. The molecule has 1 unspecified atom stereocenters. The number of nitrogens with zero attached hydrogens (tertiary/aromatic N) is 5. The molecule has 1 saturated heterocycles. The van der Waals surface area contributed by atoms with E-state index in [0.717, 1.165) is 12.0 Å². The lowest BCUT2D eigenvalue weighted by molar-refractivity contribution is -0.119. The Bertz CT molecular complexity index is 1100. The van der Waals surface area contributed by atoms with E-state index in [2.05, 4.69) is 20.8 Å². The minimum absolute atomic E-state index is 0.254. The SMILES string of the molecule is Cc1ccc(-n2cnnn2)cc1NC(=O)C1CCCN1C(=O)c1cc(Cl)ccc1Cl. The van der Waals surface area contributed by atoms with E-state index in [1.807, 2.05) is 19.1 Å². The van der Waals surface area contributed by atoms with Crippen LogP contribution < -0.4 is 5.32 Å². The minimum atomic E-state index is -0.594. The number of halogens is 2. The van der Waals surface area contributed by atoms with Crippen molar-refractivity contribution < 1.29 is 9.59 Å². The van der Waals surface area contributed by atoms with Crippen LogP contribution in [0.15, 0.2) is 42.7 Å². The Kier molecular flexibility index (Phi) is 5.69. The summed E-state index contributed by atoms with van der Waals surface area (Å²) < 4.78 is 1.50. The molecular weight excluding hydrogens is 427 g/mol. The molecule has 1 atom stereocenters. The fraction of sp³-hybridized carbons (Fsp3) is 0.250. The highest BCUT2D eigenvalue weighted by atomic mass is 35.5. The molecule has 3 aromatic rings. The standard InChI is InChI=1S/C20H18Cl2N6O2/c1-12-4-6-14(28-11-23-25-26-28)10-17(12)24-19(29)18-3-2-8-27(18)20(30)15-9-13(21)5-7-16(15)22/h4-7,9-11,18H,2-3,8H2,1H3,(H,24,29). The highest BCUT2D eigenvalue weighted by molar-refractivity contribution is 6.35. The third-order valence-corrected chi connectivity index (χ3v) is 5.63. The predicted octanol–water partition coefficient (Wildman–Crippen LogP) is 3.52. The van der Waals surface area contributed by atoms with E-state index >= 15 is 0 Å². The van der Waals surface area contributed by atoms with E-state index < -0.39 is 6.04 Å². The maximum Gasteiger partial charge on any atom is 0.256 e. The summed E-state index contributed by atoms with van der Waals surface area (Å²) in [6.07, 6.45) is 2.77. The molecule has 2 aromatic carbocycles. The van der Waals surface area contributed by atoms with Crippen molar-refractivity contribution in [2.24, 2.45) is 0 Å². The second-order valence-corrected chi connectivity index (χ2v) is 7.87. The Labute approximate surface area is 182 Å². The van der Waals surface area contributed by atoms with Crippen molar-refractivity contribution in [1.82, 2.24) is 25.1 Å². The van der Waals surface area contributed by atoms with E-state index in [-0.39, 0.29) is 11.8 Å². The number of aryl methyl sites for hydroxylation is 1. The normalized spacial score (nSPS) is 16.0. The van der Waals surface area contributed by atoms with Crippen LogP contribution in [0.5, 0.6) is 0 Å². The largest absolute Gasteiger partial charge is 0.327 e. The van der Waals surface area contributed by atoms with Gasteiger partial charge in [0.15, 0.2) is 0 Å². The number of hydrogen-bond acceptors (Lipinski definition) is 5. The molecule has 1 aromatic heterocycles. The lowest BCUT2D eigenvalue weighted by Gasteiger charge is -2.25. The summed E-state index contributed by atoms with van der Waals surface area (Å²) in [5, 5.41) is 14.8. The summed E-state index contributed by atoms with van der Waals surface area (Å²) in [5.74, 6) is -0.560. The first-order valence-electron chi connectivity index (χ1n) is 9.35. The number of aromatic nitrogens is 4. The first-order valence-corrected chi connectivity index (χ1v) is 10.1. The van der Waals surface area contributed by atoms with Crippen molar-refractivity contribution in [2.75, 3.05) is 11.9 Å². The molecule has 8 nitrogen and oxygen atoms in total. The van der Waals surface area contributed by atoms with Crippen LogP contribution in [0.1, 0.15) is 28.8 Å².